The van der Waals surface area contributed by atoms with E-state index >= 15 is 0 Å². The van der Waals surface area contributed by atoms with Crippen molar-refractivity contribution in [3.05, 3.63) is 70.2 Å². The summed E-state index contributed by atoms with van der Waals surface area (Å²) in [6, 6.07) is 14.7. The topological polar surface area (TPSA) is 71.0 Å². The fourth-order valence-electron chi connectivity index (χ4n) is 3.80. The molecule has 7 heteroatoms. The maximum atomic E-state index is 12.9. The molecule has 2 aromatic rings. The second-order valence-corrected chi connectivity index (χ2v) is 7.54. The van der Waals surface area contributed by atoms with Gasteiger partial charge in [-0.2, -0.15) is 0 Å². The summed E-state index contributed by atoms with van der Waals surface area (Å²) in [7, 11) is 0. The lowest BCUT2D eigenvalue weighted by Gasteiger charge is -2.36. The number of aliphatic imine (C=N–C) groups is 1. The highest BCUT2D eigenvalue weighted by atomic mass is 35.5. The summed E-state index contributed by atoms with van der Waals surface area (Å²) in [5, 5.41) is 3.41. The molecular formula is C22H22ClN3O3. The molecule has 0 saturated carbocycles. The van der Waals surface area contributed by atoms with Crippen LogP contribution in [0.1, 0.15) is 29.7 Å². The van der Waals surface area contributed by atoms with Crippen molar-refractivity contribution in [1.82, 2.24) is 10.2 Å². The van der Waals surface area contributed by atoms with Crippen LogP contribution < -0.4 is 5.32 Å². The first kappa shape index (κ1) is 19.5. The van der Waals surface area contributed by atoms with Crippen LogP contribution >= 0.6 is 11.6 Å². The minimum absolute atomic E-state index is 0.204. The third-order valence-corrected chi connectivity index (χ3v) is 5.53. The Hall–Kier alpha value is -2.86. The first-order valence-corrected chi connectivity index (χ1v) is 10.1. The average Bonchev–Trinajstić information content (AvgIpc) is 2.73. The maximum absolute atomic E-state index is 12.9. The summed E-state index contributed by atoms with van der Waals surface area (Å²) < 4.78 is 5.15. The third-order valence-electron chi connectivity index (χ3n) is 5.28. The smallest absolute Gasteiger partial charge is 0.321 e. The fourth-order valence-corrected chi connectivity index (χ4v) is 3.93. The van der Waals surface area contributed by atoms with Gasteiger partial charge in [-0.15, -0.1) is 0 Å². The van der Waals surface area contributed by atoms with E-state index in [0.717, 1.165) is 18.5 Å². The number of ether oxygens (including phenoxy) is 1. The zero-order valence-electron chi connectivity index (χ0n) is 16.1. The minimum Gasteiger partial charge on any atom is -0.465 e. The van der Waals surface area contributed by atoms with Gasteiger partial charge in [0, 0.05) is 18.1 Å². The van der Waals surface area contributed by atoms with Crippen molar-refractivity contribution in [3.8, 4) is 0 Å². The van der Waals surface area contributed by atoms with Gasteiger partial charge in [0.2, 0.25) is 11.9 Å². The molecule has 0 aliphatic carbocycles. The van der Waals surface area contributed by atoms with E-state index in [0.29, 0.717) is 17.5 Å². The molecule has 2 heterocycles. The monoisotopic (exact) mass is 411 g/mol. The summed E-state index contributed by atoms with van der Waals surface area (Å²) in [4.78, 5) is 32.3. The Labute approximate surface area is 174 Å². The molecule has 29 heavy (non-hydrogen) atoms. The van der Waals surface area contributed by atoms with Crippen molar-refractivity contribution < 1.29 is 14.3 Å². The molecule has 0 aromatic heterocycles. The number of fused-ring (bicyclic) bond motifs is 1. The van der Waals surface area contributed by atoms with E-state index in [4.69, 9.17) is 21.3 Å². The number of guanidine groups is 1. The van der Waals surface area contributed by atoms with Gasteiger partial charge in [-0.3, -0.25) is 14.9 Å². The van der Waals surface area contributed by atoms with E-state index in [2.05, 4.69) is 17.4 Å². The molecule has 4 rings (SSSR count). The predicted molar refractivity (Wildman–Crippen MR) is 110 cm³/mol. The molecular weight excluding hydrogens is 390 g/mol. The molecule has 2 aromatic carbocycles. The van der Waals surface area contributed by atoms with Gasteiger partial charge in [-0.05, 0) is 42.2 Å². The molecule has 0 bridgehead atoms. The van der Waals surface area contributed by atoms with Gasteiger partial charge >= 0.3 is 5.97 Å². The predicted octanol–water partition coefficient (Wildman–Crippen LogP) is 3.10. The van der Waals surface area contributed by atoms with Crippen molar-refractivity contribution in [3.63, 3.8) is 0 Å². The molecule has 150 valence electrons. The molecule has 6 nitrogen and oxygen atoms in total. The van der Waals surface area contributed by atoms with Crippen molar-refractivity contribution >= 4 is 29.4 Å². The number of carbonyl (C=O) groups is 2. The molecule has 2 atom stereocenters. The highest BCUT2D eigenvalue weighted by molar-refractivity contribution is 6.30. The van der Waals surface area contributed by atoms with Crippen LogP contribution in [0.15, 0.2) is 53.5 Å². The van der Waals surface area contributed by atoms with Gasteiger partial charge in [0.25, 0.3) is 0 Å². The summed E-state index contributed by atoms with van der Waals surface area (Å²) in [5.41, 5.74) is 3.27. The molecule has 0 saturated heterocycles. The van der Waals surface area contributed by atoms with Crippen molar-refractivity contribution in [2.75, 3.05) is 13.2 Å². The van der Waals surface area contributed by atoms with E-state index in [9.17, 15) is 9.59 Å². The number of benzene rings is 2. The van der Waals surface area contributed by atoms with Crippen LogP contribution in [0.25, 0.3) is 0 Å². The van der Waals surface area contributed by atoms with Gasteiger partial charge in [-0.25, -0.2) is 4.99 Å². The highest BCUT2D eigenvalue weighted by Gasteiger charge is 2.42. The Balaban J connectivity index is 1.68. The number of amides is 1. The second-order valence-electron chi connectivity index (χ2n) is 7.11. The van der Waals surface area contributed by atoms with Crippen LogP contribution in [-0.4, -0.2) is 35.9 Å². The Morgan fingerprint density at radius 3 is 2.66 bits per heavy atom. The quantitative estimate of drug-likeness (QED) is 0.622. The van der Waals surface area contributed by atoms with Gasteiger partial charge in [0.05, 0.1) is 6.61 Å². The van der Waals surface area contributed by atoms with Crippen LogP contribution in [0.5, 0.6) is 0 Å². The number of rotatable bonds is 3. The van der Waals surface area contributed by atoms with E-state index in [-0.39, 0.29) is 6.61 Å². The molecule has 1 amide bonds. The van der Waals surface area contributed by atoms with Gasteiger partial charge < -0.3 is 9.64 Å². The molecule has 0 fully saturated rings. The lowest BCUT2D eigenvalue weighted by molar-refractivity contribution is -0.153. The summed E-state index contributed by atoms with van der Waals surface area (Å²) in [6.45, 7) is 3.32. The zero-order valence-corrected chi connectivity index (χ0v) is 16.9. The lowest BCUT2D eigenvalue weighted by Crippen LogP contribution is -2.53. The van der Waals surface area contributed by atoms with Crippen molar-refractivity contribution in [2.24, 2.45) is 10.9 Å². The van der Waals surface area contributed by atoms with E-state index in [1.54, 1.807) is 31.2 Å². The first-order chi connectivity index (χ1) is 14.1. The van der Waals surface area contributed by atoms with Crippen LogP contribution in [0.4, 0.5) is 0 Å². The number of esters is 1. The van der Waals surface area contributed by atoms with Crippen molar-refractivity contribution in [2.45, 2.75) is 25.9 Å². The van der Waals surface area contributed by atoms with Gasteiger partial charge in [0.15, 0.2) is 5.92 Å². The maximum Gasteiger partial charge on any atom is 0.321 e. The number of nitrogens with zero attached hydrogens (tertiary/aromatic N) is 2. The number of carbonyl (C=O) groups excluding carboxylic acids is 2. The SMILES string of the molecule is CCOC(=O)[C@H]1C(=O)NC(N2CCc3ccccc3C2)=N[C@@H]1c1ccc(Cl)cc1. The molecule has 0 spiro atoms. The normalized spacial score (nSPS) is 21.1. The number of nitrogens with one attached hydrogen (secondary N) is 1. The number of halogens is 1. The Morgan fingerprint density at radius 2 is 1.93 bits per heavy atom. The lowest BCUT2D eigenvalue weighted by atomic mass is 9.91. The fraction of sp³-hybridized carbons (Fsp3) is 0.318. The first-order valence-electron chi connectivity index (χ1n) is 9.69. The minimum atomic E-state index is -1.03. The molecule has 2 aliphatic heterocycles. The van der Waals surface area contributed by atoms with Crippen LogP contribution in [0.2, 0.25) is 5.02 Å². The Bertz CT molecular complexity index is 958. The van der Waals surface area contributed by atoms with Crippen molar-refractivity contribution in [1.29, 1.82) is 0 Å². The van der Waals surface area contributed by atoms with Crippen LogP contribution in [0, 0.1) is 5.92 Å². The van der Waals surface area contributed by atoms with Gasteiger partial charge in [-0.1, -0.05) is 48.0 Å². The zero-order chi connectivity index (χ0) is 20.4. The van der Waals surface area contributed by atoms with E-state index in [1.165, 1.54) is 11.1 Å². The largest absolute Gasteiger partial charge is 0.465 e. The molecule has 1 N–H and O–H groups in total. The van der Waals surface area contributed by atoms with Gasteiger partial charge in [0.1, 0.15) is 6.04 Å². The summed E-state index contributed by atoms with van der Waals surface area (Å²) in [6.07, 6.45) is 0.873. The Morgan fingerprint density at radius 1 is 1.21 bits per heavy atom. The van der Waals surface area contributed by atoms with E-state index in [1.807, 2.05) is 17.0 Å². The van der Waals surface area contributed by atoms with Crippen LogP contribution in [-0.2, 0) is 27.3 Å². The summed E-state index contributed by atoms with van der Waals surface area (Å²) in [5.74, 6) is -1.51. The average molecular weight is 412 g/mol. The second kappa shape index (κ2) is 8.25. The third kappa shape index (κ3) is 3.98. The number of hydrogen-bond donors (Lipinski definition) is 1. The number of hydrogen-bond acceptors (Lipinski definition) is 5. The molecule has 2 aliphatic rings. The summed E-state index contributed by atoms with van der Waals surface area (Å²) >= 11 is 6.01. The van der Waals surface area contributed by atoms with E-state index < -0.39 is 23.8 Å². The molecule has 0 radical (unpaired) electrons. The van der Waals surface area contributed by atoms with Crippen LogP contribution in [0.3, 0.4) is 0 Å². The molecule has 0 unspecified atom stereocenters. The highest BCUT2D eigenvalue weighted by Crippen LogP contribution is 2.32. The Kier molecular flexibility index (Phi) is 5.53. The standard InChI is InChI=1S/C22H22ClN3O3/c1-2-29-21(28)18-19(15-7-9-17(23)10-8-15)24-22(25-20(18)27)26-12-11-14-5-3-4-6-16(14)13-26/h3-10,18-19H,2,11-13H2,1H3,(H,24,25,27)/t18-,19-/m1/s1.